The van der Waals surface area contributed by atoms with Crippen molar-refractivity contribution in [2.24, 2.45) is 0 Å². The minimum Gasteiger partial charge on any atom is -0.324 e. The highest BCUT2D eigenvalue weighted by atomic mass is 19.4. The van der Waals surface area contributed by atoms with E-state index in [1.54, 1.807) is 30.3 Å². The maximum Gasteiger partial charge on any atom is 0.460 e. The first kappa shape index (κ1) is 31.7. The Morgan fingerprint density at radius 1 is 0.564 bits per heavy atom. The van der Waals surface area contributed by atoms with E-state index in [0.717, 1.165) is 23.5 Å². The molecule has 0 fully saturated rings. The summed E-state index contributed by atoms with van der Waals surface area (Å²) in [7, 11) is 0. The molecular formula is C22H15F13N2O2. The predicted molar refractivity (Wildman–Crippen MR) is 109 cm³/mol. The summed E-state index contributed by atoms with van der Waals surface area (Å²) in [6, 6.07) is 11.9. The van der Waals surface area contributed by atoms with Gasteiger partial charge in [0.1, 0.15) is 0 Å². The number of aryl methyl sites for hydroxylation is 1. The number of amides is 2. The first-order valence-electron chi connectivity index (χ1n) is 10.3. The van der Waals surface area contributed by atoms with Crippen molar-refractivity contribution in [2.75, 3.05) is 10.6 Å². The van der Waals surface area contributed by atoms with Crippen molar-refractivity contribution in [1.82, 2.24) is 0 Å². The number of para-hydroxylation sites is 2. The molecule has 0 aliphatic heterocycles. The largest absolute Gasteiger partial charge is 0.460 e. The lowest BCUT2D eigenvalue weighted by atomic mass is 9.93. The quantitative estimate of drug-likeness (QED) is 0.297. The second-order valence-electron chi connectivity index (χ2n) is 7.90. The number of halogens is 13. The fourth-order valence-electron chi connectivity index (χ4n) is 2.93. The lowest BCUT2D eigenvalue weighted by Gasteiger charge is -2.39. The van der Waals surface area contributed by atoms with E-state index in [9.17, 15) is 66.7 Å². The number of carbonyl (C=O) groups excluding carboxylic acids is 2. The average Bonchev–Trinajstić information content (AvgIpc) is 2.83. The number of hydrogen-bond acceptors (Lipinski definition) is 2. The van der Waals surface area contributed by atoms with Gasteiger partial charge in [0.15, 0.2) is 0 Å². The smallest absolute Gasteiger partial charge is 0.324 e. The SMILES string of the molecule is O=C(CCc1ccccc1)Nc1ccccc1NC(=O)C(F)(F)C(F)(F)C(F)(F)C(F)(F)C(F)(F)C(F)(F)F. The van der Waals surface area contributed by atoms with Crippen molar-refractivity contribution in [3.05, 3.63) is 60.2 Å². The summed E-state index contributed by atoms with van der Waals surface area (Å²) < 4.78 is 173. The highest BCUT2D eigenvalue weighted by Crippen LogP contribution is 2.60. The van der Waals surface area contributed by atoms with Gasteiger partial charge in [-0.05, 0) is 24.1 Å². The summed E-state index contributed by atoms with van der Waals surface area (Å²) in [4.78, 5) is 24.0. The topological polar surface area (TPSA) is 58.2 Å². The Balaban J connectivity index is 2.29. The first-order valence-corrected chi connectivity index (χ1v) is 10.3. The van der Waals surface area contributed by atoms with Crippen molar-refractivity contribution >= 4 is 23.2 Å². The van der Waals surface area contributed by atoms with Crippen molar-refractivity contribution < 1.29 is 66.7 Å². The van der Waals surface area contributed by atoms with Crippen LogP contribution in [0.2, 0.25) is 0 Å². The standard InChI is InChI=1S/C22H15F13N2O2/c23-17(24,18(25,26)19(27,28)20(29,30)21(31,32)22(33,34)35)16(39)37-14-9-5-4-8-13(14)36-15(38)11-10-12-6-2-1-3-7-12/h1-9H,10-11H2,(H,36,38)(H,37,39). The molecule has 0 aliphatic carbocycles. The van der Waals surface area contributed by atoms with Gasteiger partial charge in [-0.1, -0.05) is 42.5 Å². The zero-order valence-corrected chi connectivity index (χ0v) is 18.8. The fraction of sp³-hybridized carbons (Fsp3) is 0.364. The van der Waals surface area contributed by atoms with Crippen LogP contribution < -0.4 is 10.6 Å². The molecule has 2 aromatic carbocycles. The molecule has 0 bridgehead atoms. The van der Waals surface area contributed by atoms with E-state index in [0.29, 0.717) is 11.6 Å². The lowest BCUT2D eigenvalue weighted by Crippen LogP contribution is -2.71. The molecule has 0 unspecified atom stereocenters. The monoisotopic (exact) mass is 586 g/mol. The van der Waals surface area contributed by atoms with Gasteiger partial charge in [0.25, 0.3) is 0 Å². The van der Waals surface area contributed by atoms with Crippen LogP contribution in [0.4, 0.5) is 68.5 Å². The molecule has 4 nitrogen and oxygen atoms in total. The van der Waals surface area contributed by atoms with Crippen LogP contribution in [0, 0.1) is 0 Å². The summed E-state index contributed by atoms with van der Waals surface area (Å²) in [5, 5.41) is 3.05. The van der Waals surface area contributed by atoms with E-state index < -0.39 is 59.0 Å². The first-order chi connectivity index (χ1) is 17.6. The molecule has 2 aromatic rings. The molecule has 0 atom stereocenters. The molecule has 0 aromatic heterocycles. The van der Waals surface area contributed by atoms with Crippen molar-refractivity contribution in [3.8, 4) is 0 Å². The van der Waals surface area contributed by atoms with Crippen LogP contribution in [0.3, 0.4) is 0 Å². The molecule has 216 valence electrons. The number of benzene rings is 2. The van der Waals surface area contributed by atoms with E-state index >= 15 is 0 Å². The summed E-state index contributed by atoms with van der Waals surface area (Å²) in [5.41, 5.74) is -0.838. The van der Waals surface area contributed by atoms with Crippen LogP contribution in [-0.2, 0) is 16.0 Å². The molecule has 2 N–H and O–H groups in total. The molecule has 17 heteroatoms. The molecule has 0 spiro atoms. The number of nitrogens with one attached hydrogen (secondary N) is 2. The molecule has 39 heavy (non-hydrogen) atoms. The van der Waals surface area contributed by atoms with E-state index in [1.165, 1.54) is 0 Å². The van der Waals surface area contributed by atoms with E-state index in [-0.39, 0.29) is 12.8 Å². The maximum atomic E-state index is 14.1. The van der Waals surface area contributed by atoms with Gasteiger partial charge in [-0.25, -0.2) is 0 Å². The van der Waals surface area contributed by atoms with Crippen LogP contribution in [0.1, 0.15) is 12.0 Å². The van der Waals surface area contributed by atoms with Gasteiger partial charge in [0.05, 0.1) is 11.4 Å². The molecular weight excluding hydrogens is 571 g/mol. The Labute approximate surface area is 210 Å². The van der Waals surface area contributed by atoms with Gasteiger partial charge in [-0.15, -0.1) is 0 Å². The summed E-state index contributed by atoms with van der Waals surface area (Å²) in [6.07, 6.45) is -7.65. The zero-order valence-electron chi connectivity index (χ0n) is 18.8. The van der Waals surface area contributed by atoms with Crippen LogP contribution in [-0.4, -0.2) is 47.6 Å². The molecule has 0 saturated carbocycles. The second-order valence-corrected chi connectivity index (χ2v) is 7.90. The Kier molecular flexibility index (Phi) is 8.58. The average molecular weight is 586 g/mol. The van der Waals surface area contributed by atoms with Crippen molar-refractivity contribution in [2.45, 2.75) is 48.6 Å². The van der Waals surface area contributed by atoms with Gasteiger partial charge in [0, 0.05) is 6.42 Å². The van der Waals surface area contributed by atoms with Gasteiger partial charge in [0.2, 0.25) is 5.91 Å². The third kappa shape index (κ3) is 5.75. The molecule has 0 saturated heterocycles. The molecule has 0 heterocycles. The number of carbonyl (C=O) groups is 2. The van der Waals surface area contributed by atoms with Crippen LogP contribution >= 0.6 is 0 Å². The number of hydrogen-bond donors (Lipinski definition) is 2. The minimum absolute atomic E-state index is 0.150. The lowest BCUT2D eigenvalue weighted by molar-refractivity contribution is -0.435. The molecule has 2 rings (SSSR count). The van der Waals surface area contributed by atoms with Crippen molar-refractivity contribution in [3.63, 3.8) is 0 Å². The fourth-order valence-corrected chi connectivity index (χ4v) is 2.93. The van der Waals surface area contributed by atoms with Crippen LogP contribution in [0.15, 0.2) is 54.6 Å². The minimum atomic E-state index is -8.13. The summed E-state index contributed by atoms with van der Waals surface area (Å²) in [6.45, 7) is 0. The highest BCUT2D eigenvalue weighted by molar-refractivity contribution is 6.02. The Morgan fingerprint density at radius 3 is 1.49 bits per heavy atom. The second kappa shape index (κ2) is 10.6. The number of rotatable bonds is 10. The molecule has 0 aliphatic rings. The van der Waals surface area contributed by atoms with Gasteiger partial charge < -0.3 is 10.6 Å². The molecule has 2 amide bonds. The molecule has 0 radical (unpaired) electrons. The summed E-state index contributed by atoms with van der Waals surface area (Å²) >= 11 is 0. The highest BCUT2D eigenvalue weighted by Gasteiger charge is 2.91. The van der Waals surface area contributed by atoms with Gasteiger partial charge >= 0.3 is 41.7 Å². The normalized spacial score (nSPS) is 13.7. The third-order valence-electron chi connectivity index (χ3n) is 5.15. The van der Waals surface area contributed by atoms with E-state index in [2.05, 4.69) is 5.32 Å². The Morgan fingerprint density at radius 2 is 1.00 bits per heavy atom. The van der Waals surface area contributed by atoms with Gasteiger partial charge in [-0.2, -0.15) is 57.1 Å². The van der Waals surface area contributed by atoms with Crippen LogP contribution in [0.25, 0.3) is 0 Å². The van der Waals surface area contributed by atoms with Gasteiger partial charge in [-0.3, -0.25) is 9.59 Å². The van der Waals surface area contributed by atoms with Crippen molar-refractivity contribution in [1.29, 1.82) is 0 Å². The predicted octanol–water partition coefficient (Wildman–Crippen LogP) is 6.94. The van der Waals surface area contributed by atoms with Crippen LogP contribution in [0.5, 0.6) is 0 Å². The third-order valence-corrected chi connectivity index (χ3v) is 5.15. The Hall–Kier alpha value is -3.53. The van der Waals surface area contributed by atoms with E-state index in [1.807, 2.05) is 0 Å². The zero-order chi connectivity index (χ0) is 30.1. The van der Waals surface area contributed by atoms with E-state index in [4.69, 9.17) is 0 Å². The number of alkyl halides is 13. The maximum absolute atomic E-state index is 14.1. The summed E-state index contributed by atoms with van der Waals surface area (Å²) in [5.74, 6) is -43.2. The Bertz CT molecular complexity index is 1180. The number of anilines is 2.